The molecule has 0 aliphatic rings. The molecule has 29 heavy (non-hydrogen) atoms. The van der Waals surface area contributed by atoms with Crippen molar-refractivity contribution in [1.29, 1.82) is 0 Å². The first kappa shape index (κ1) is 22.5. The van der Waals surface area contributed by atoms with Crippen LogP contribution in [-0.4, -0.2) is 26.0 Å². The minimum atomic E-state index is 0.587. The average Bonchev–Trinajstić information content (AvgIpc) is 2.71. The number of allylic oxidation sites excluding steroid dienone is 1. The normalized spacial score (nSPS) is 11.7. The topological polar surface area (TPSA) is 40.0 Å². The van der Waals surface area contributed by atoms with Crippen LogP contribution < -0.4 is 9.47 Å². The molecule has 0 atom stereocenters. The number of ether oxygens (including phenoxy) is 2. The van der Waals surface area contributed by atoms with Crippen molar-refractivity contribution < 1.29 is 14.3 Å². The van der Waals surface area contributed by atoms with Crippen molar-refractivity contribution in [2.75, 3.05) is 20.3 Å². The highest BCUT2D eigenvalue weighted by Crippen LogP contribution is 2.28. The van der Waals surface area contributed by atoms with Crippen LogP contribution in [0.15, 0.2) is 53.7 Å². The maximum absolute atomic E-state index is 6.09. The molecule has 2 rings (SSSR count). The zero-order chi connectivity index (χ0) is 21.1. The molecular formula is C25H33NO3. The Morgan fingerprint density at radius 2 is 1.83 bits per heavy atom. The van der Waals surface area contributed by atoms with Gasteiger partial charge in [0.25, 0.3) is 0 Å². The molecule has 0 unspecified atom stereocenters. The average molecular weight is 396 g/mol. The molecule has 0 aliphatic carbocycles. The van der Waals surface area contributed by atoms with Crippen molar-refractivity contribution in [3.8, 4) is 11.5 Å². The molecule has 156 valence electrons. The molecule has 0 spiro atoms. The summed E-state index contributed by atoms with van der Waals surface area (Å²) in [5.41, 5.74) is 5.57. The number of rotatable bonds is 11. The Labute approximate surface area is 175 Å². The third-order valence-electron chi connectivity index (χ3n) is 4.67. The van der Waals surface area contributed by atoms with E-state index in [0.29, 0.717) is 13.2 Å². The van der Waals surface area contributed by atoms with Crippen molar-refractivity contribution >= 4 is 5.71 Å². The smallest absolute Gasteiger partial charge is 0.125 e. The Morgan fingerprint density at radius 3 is 2.48 bits per heavy atom. The monoisotopic (exact) mass is 395 g/mol. The molecule has 2 aromatic rings. The van der Waals surface area contributed by atoms with Crippen molar-refractivity contribution in [3.05, 3.63) is 70.8 Å². The van der Waals surface area contributed by atoms with E-state index in [4.69, 9.17) is 14.3 Å². The summed E-state index contributed by atoms with van der Waals surface area (Å²) in [6.07, 6.45) is 6.73. The minimum Gasteiger partial charge on any atom is -0.493 e. The van der Waals surface area contributed by atoms with Gasteiger partial charge in [-0.15, -0.1) is 0 Å². The Kier molecular flexibility index (Phi) is 9.29. The van der Waals surface area contributed by atoms with Crippen LogP contribution in [0.25, 0.3) is 0 Å². The zero-order valence-electron chi connectivity index (χ0n) is 18.3. The maximum atomic E-state index is 6.09. The Balaban J connectivity index is 1.91. The van der Waals surface area contributed by atoms with Gasteiger partial charge in [0.15, 0.2) is 0 Å². The molecule has 0 aliphatic heterocycles. The van der Waals surface area contributed by atoms with E-state index in [-0.39, 0.29) is 0 Å². The van der Waals surface area contributed by atoms with Crippen LogP contribution in [-0.2, 0) is 11.3 Å². The Bertz CT molecular complexity index is 817. The second kappa shape index (κ2) is 11.9. The number of hydrogen-bond acceptors (Lipinski definition) is 4. The molecule has 4 heteroatoms. The lowest BCUT2D eigenvalue weighted by Crippen LogP contribution is -2.04. The first-order chi connectivity index (χ1) is 14.1. The Hall–Kier alpha value is -2.75. The molecule has 0 saturated carbocycles. The van der Waals surface area contributed by atoms with Crippen LogP contribution in [0, 0.1) is 13.8 Å². The highest BCUT2D eigenvalue weighted by atomic mass is 16.6. The minimum absolute atomic E-state index is 0.587. The molecule has 0 radical (unpaired) electrons. The first-order valence-electron chi connectivity index (χ1n) is 10.3. The quantitative estimate of drug-likeness (QED) is 0.202. The van der Waals surface area contributed by atoms with Crippen molar-refractivity contribution in [1.82, 2.24) is 0 Å². The van der Waals surface area contributed by atoms with Gasteiger partial charge in [-0.1, -0.05) is 42.4 Å². The van der Waals surface area contributed by atoms with E-state index in [1.165, 1.54) is 5.56 Å². The molecule has 4 nitrogen and oxygen atoms in total. The number of hydrogen-bond donors (Lipinski definition) is 0. The van der Waals surface area contributed by atoms with Gasteiger partial charge in [0.05, 0.1) is 12.3 Å². The van der Waals surface area contributed by atoms with Crippen molar-refractivity contribution in [2.45, 2.75) is 47.0 Å². The van der Waals surface area contributed by atoms with E-state index in [1.54, 1.807) is 7.11 Å². The van der Waals surface area contributed by atoms with Gasteiger partial charge in [0.2, 0.25) is 0 Å². The summed E-state index contributed by atoms with van der Waals surface area (Å²) < 4.78 is 11.8. The van der Waals surface area contributed by atoms with Gasteiger partial charge in [0, 0.05) is 0 Å². The second-order valence-corrected chi connectivity index (χ2v) is 6.99. The second-order valence-electron chi connectivity index (χ2n) is 6.99. The largest absolute Gasteiger partial charge is 0.493 e. The van der Waals surface area contributed by atoms with Crippen LogP contribution in [0.5, 0.6) is 11.5 Å². The van der Waals surface area contributed by atoms with Gasteiger partial charge >= 0.3 is 0 Å². The summed E-state index contributed by atoms with van der Waals surface area (Å²) in [4.78, 5) is 4.95. The Morgan fingerprint density at radius 1 is 1.07 bits per heavy atom. The third-order valence-corrected chi connectivity index (χ3v) is 4.67. The molecule has 0 saturated heterocycles. The van der Waals surface area contributed by atoms with Crippen LogP contribution in [0.3, 0.4) is 0 Å². The van der Waals surface area contributed by atoms with Crippen LogP contribution in [0.2, 0.25) is 0 Å². The fraction of sp³-hybridized carbons (Fsp3) is 0.400. The van der Waals surface area contributed by atoms with E-state index >= 15 is 0 Å². The van der Waals surface area contributed by atoms with E-state index in [2.05, 4.69) is 50.2 Å². The van der Waals surface area contributed by atoms with Gasteiger partial charge < -0.3 is 14.3 Å². The highest BCUT2D eigenvalue weighted by molar-refractivity contribution is 6.00. The maximum Gasteiger partial charge on any atom is 0.125 e. The predicted octanol–water partition coefficient (Wildman–Crippen LogP) is 6.03. The summed E-state index contributed by atoms with van der Waals surface area (Å²) in [6.45, 7) is 9.47. The standard InChI is InChI=1S/C25H33NO3/c1-6-8-14-28-23-16-19(3)25(20(4)17-23)29-15-10-12-21-11-9-13-22(18-21)24(7-2)26-27-5/h6,8-9,11,13,16-18H,7,10,12,14-15H2,1-5H3/b8-6+,26-24?. The fourth-order valence-electron chi connectivity index (χ4n) is 3.25. The molecular weight excluding hydrogens is 362 g/mol. The fourth-order valence-corrected chi connectivity index (χ4v) is 3.25. The third kappa shape index (κ3) is 6.97. The van der Waals surface area contributed by atoms with Gasteiger partial charge in [-0.05, 0) is 80.5 Å². The molecule has 0 aromatic heterocycles. The van der Waals surface area contributed by atoms with Crippen LogP contribution in [0.1, 0.15) is 48.9 Å². The highest BCUT2D eigenvalue weighted by Gasteiger charge is 2.08. The van der Waals surface area contributed by atoms with Gasteiger partial charge in [-0.3, -0.25) is 0 Å². The lowest BCUT2D eigenvalue weighted by Gasteiger charge is -2.14. The summed E-state index contributed by atoms with van der Waals surface area (Å²) in [5, 5.41) is 4.12. The lowest BCUT2D eigenvalue weighted by molar-refractivity contribution is 0.213. The van der Waals surface area contributed by atoms with E-state index in [9.17, 15) is 0 Å². The molecule has 0 fully saturated rings. The number of oxime groups is 1. The molecule has 0 N–H and O–H groups in total. The van der Waals surface area contributed by atoms with Crippen LogP contribution >= 0.6 is 0 Å². The zero-order valence-corrected chi connectivity index (χ0v) is 18.3. The lowest BCUT2D eigenvalue weighted by atomic mass is 10.0. The summed E-state index contributed by atoms with van der Waals surface area (Å²) >= 11 is 0. The molecule has 2 aromatic carbocycles. The summed E-state index contributed by atoms with van der Waals surface area (Å²) in [7, 11) is 1.59. The number of aryl methyl sites for hydroxylation is 3. The summed E-state index contributed by atoms with van der Waals surface area (Å²) in [6, 6.07) is 12.6. The predicted molar refractivity (Wildman–Crippen MR) is 120 cm³/mol. The van der Waals surface area contributed by atoms with Crippen LogP contribution in [0.4, 0.5) is 0 Å². The van der Waals surface area contributed by atoms with Crippen molar-refractivity contribution in [2.24, 2.45) is 5.16 Å². The molecule has 0 amide bonds. The first-order valence-corrected chi connectivity index (χ1v) is 10.3. The van der Waals surface area contributed by atoms with E-state index in [1.807, 2.05) is 31.2 Å². The van der Waals surface area contributed by atoms with Crippen molar-refractivity contribution in [3.63, 3.8) is 0 Å². The number of nitrogens with zero attached hydrogens (tertiary/aromatic N) is 1. The van der Waals surface area contributed by atoms with Gasteiger partial charge in [-0.2, -0.15) is 0 Å². The SMILES string of the molecule is C/C=C/COc1cc(C)c(OCCCc2cccc(C(CC)=NOC)c2)c(C)c1. The molecule has 0 bridgehead atoms. The van der Waals surface area contributed by atoms with Gasteiger partial charge in [-0.25, -0.2) is 0 Å². The molecule has 0 heterocycles. The summed E-state index contributed by atoms with van der Waals surface area (Å²) in [5.74, 6) is 1.84. The van der Waals surface area contributed by atoms with E-state index < -0.39 is 0 Å². The van der Waals surface area contributed by atoms with E-state index in [0.717, 1.165) is 53.2 Å². The number of benzene rings is 2. The van der Waals surface area contributed by atoms with Gasteiger partial charge in [0.1, 0.15) is 25.2 Å².